The minimum Gasteiger partial charge on any atom is -0.394 e. The van der Waals surface area contributed by atoms with Crippen molar-refractivity contribution in [3.8, 4) is 0 Å². The van der Waals surface area contributed by atoms with E-state index in [-0.39, 0.29) is 25.5 Å². The minimum atomic E-state index is -0.910. The smallest absolute Gasteiger partial charge is 0.226 e. The van der Waals surface area contributed by atoms with E-state index in [1.165, 1.54) is 11.3 Å². The summed E-state index contributed by atoms with van der Waals surface area (Å²) >= 11 is 1.49. The Labute approximate surface area is 108 Å². The van der Waals surface area contributed by atoms with Gasteiger partial charge in [-0.15, -0.1) is 11.3 Å². The molecule has 0 bridgehead atoms. The third kappa shape index (κ3) is 2.87. The lowest BCUT2D eigenvalue weighted by molar-refractivity contribution is -0.121. The molecule has 2 aromatic heterocycles. The van der Waals surface area contributed by atoms with Crippen molar-refractivity contribution < 1.29 is 15.0 Å². The van der Waals surface area contributed by atoms with Crippen LogP contribution in [0.25, 0.3) is 4.96 Å². The number of hydrogen-bond acceptors (Lipinski definition) is 5. The largest absolute Gasteiger partial charge is 0.394 e. The number of carbonyl (C=O) groups excluding carboxylic acids is 1. The van der Waals surface area contributed by atoms with Crippen LogP contribution in [0.5, 0.6) is 0 Å². The van der Waals surface area contributed by atoms with Gasteiger partial charge in [0.25, 0.3) is 0 Å². The Balaban J connectivity index is 1.98. The zero-order chi connectivity index (χ0) is 13.1. The zero-order valence-electron chi connectivity index (χ0n) is 9.96. The molecule has 0 saturated carbocycles. The zero-order valence-corrected chi connectivity index (χ0v) is 10.8. The molecule has 0 spiro atoms. The van der Waals surface area contributed by atoms with Crippen LogP contribution in [-0.2, 0) is 11.2 Å². The number of rotatable bonds is 5. The summed E-state index contributed by atoms with van der Waals surface area (Å²) in [5, 5.41) is 22.2. The minimum absolute atomic E-state index is 0.0611. The van der Waals surface area contributed by atoms with E-state index in [0.29, 0.717) is 0 Å². The van der Waals surface area contributed by atoms with Crippen LogP contribution in [0.15, 0.2) is 11.6 Å². The Bertz CT molecular complexity index is 549. The molecule has 0 radical (unpaired) electrons. The van der Waals surface area contributed by atoms with Crippen molar-refractivity contribution in [1.29, 1.82) is 0 Å². The molecule has 0 saturated heterocycles. The van der Waals surface area contributed by atoms with E-state index in [4.69, 9.17) is 10.2 Å². The van der Waals surface area contributed by atoms with Gasteiger partial charge in [-0.1, -0.05) is 0 Å². The van der Waals surface area contributed by atoms with Gasteiger partial charge < -0.3 is 15.5 Å². The molecule has 0 aliphatic carbocycles. The lowest BCUT2D eigenvalue weighted by atomic mass is 10.3. The summed E-state index contributed by atoms with van der Waals surface area (Å²) in [6.07, 6.45) is 1.21. The van der Waals surface area contributed by atoms with Crippen LogP contribution in [0, 0.1) is 6.92 Å². The van der Waals surface area contributed by atoms with Crippen molar-refractivity contribution in [3.63, 3.8) is 0 Å². The average Bonchev–Trinajstić information content (AvgIpc) is 2.87. The second-order valence-corrected chi connectivity index (χ2v) is 4.92. The normalized spacial score (nSPS) is 12.8. The molecule has 0 aliphatic rings. The number of aromatic nitrogens is 2. The fourth-order valence-electron chi connectivity index (χ4n) is 1.59. The van der Waals surface area contributed by atoms with Gasteiger partial charge in [-0.05, 0) is 6.92 Å². The first-order valence-electron chi connectivity index (χ1n) is 5.58. The summed E-state index contributed by atoms with van der Waals surface area (Å²) in [6.45, 7) is 1.61. The second kappa shape index (κ2) is 5.47. The van der Waals surface area contributed by atoms with Gasteiger partial charge in [0, 0.05) is 23.8 Å². The maximum atomic E-state index is 11.6. The Hall–Kier alpha value is -1.44. The molecule has 0 fully saturated rings. The lowest BCUT2D eigenvalue weighted by Gasteiger charge is -2.08. The van der Waals surface area contributed by atoms with E-state index in [1.807, 2.05) is 22.9 Å². The van der Waals surface area contributed by atoms with Gasteiger partial charge in [0.05, 0.1) is 24.8 Å². The Kier molecular flexibility index (Phi) is 3.95. The van der Waals surface area contributed by atoms with E-state index in [0.717, 1.165) is 16.3 Å². The fraction of sp³-hybridized carbons (Fsp3) is 0.455. The number of nitrogens with zero attached hydrogens (tertiary/aromatic N) is 2. The van der Waals surface area contributed by atoms with Gasteiger partial charge in [0.2, 0.25) is 5.91 Å². The van der Waals surface area contributed by atoms with Crippen LogP contribution in [-0.4, -0.2) is 44.8 Å². The number of aryl methyl sites for hydroxylation is 1. The van der Waals surface area contributed by atoms with E-state index < -0.39 is 6.10 Å². The van der Waals surface area contributed by atoms with E-state index in [2.05, 4.69) is 10.3 Å². The molecular weight excluding hydrogens is 254 g/mol. The molecule has 3 N–H and O–H groups in total. The van der Waals surface area contributed by atoms with Gasteiger partial charge in [0.15, 0.2) is 4.96 Å². The second-order valence-electron chi connectivity index (χ2n) is 4.08. The van der Waals surface area contributed by atoms with Gasteiger partial charge in [-0.25, -0.2) is 4.98 Å². The highest BCUT2D eigenvalue weighted by Gasteiger charge is 2.11. The van der Waals surface area contributed by atoms with Crippen molar-refractivity contribution >= 4 is 22.2 Å². The van der Waals surface area contributed by atoms with Crippen molar-refractivity contribution in [1.82, 2.24) is 14.7 Å². The molecule has 2 aromatic rings. The van der Waals surface area contributed by atoms with Crippen molar-refractivity contribution in [3.05, 3.63) is 23.0 Å². The first-order chi connectivity index (χ1) is 8.60. The summed E-state index contributed by atoms with van der Waals surface area (Å²) in [7, 11) is 0. The van der Waals surface area contributed by atoms with E-state index >= 15 is 0 Å². The third-order valence-electron chi connectivity index (χ3n) is 2.49. The molecule has 2 rings (SSSR count). The summed E-state index contributed by atoms with van der Waals surface area (Å²) in [5.41, 5.74) is 1.78. The van der Waals surface area contributed by atoms with Crippen molar-refractivity contribution in [2.75, 3.05) is 13.2 Å². The highest BCUT2D eigenvalue weighted by atomic mass is 32.1. The van der Waals surface area contributed by atoms with Crippen LogP contribution < -0.4 is 5.32 Å². The topological polar surface area (TPSA) is 86.9 Å². The van der Waals surface area contributed by atoms with Crippen LogP contribution in [0.3, 0.4) is 0 Å². The fourth-order valence-corrected chi connectivity index (χ4v) is 2.51. The van der Waals surface area contributed by atoms with Gasteiger partial charge in [0.1, 0.15) is 0 Å². The molecular formula is C11H15N3O3S. The van der Waals surface area contributed by atoms with Crippen molar-refractivity contribution in [2.45, 2.75) is 19.4 Å². The predicted molar refractivity (Wildman–Crippen MR) is 67.6 cm³/mol. The average molecular weight is 269 g/mol. The summed E-state index contributed by atoms with van der Waals surface area (Å²) in [5.74, 6) is -0.187. The lowest BCUT2D eigenvalue weighted by Crippen LogP contribution is -2.34. The molecule has 0 aromatic carbocycles. The molecule has 18 heavy (non-hydrogen) atoms. The number of aliphatic hydroxyl groups is 2. The molecule has 98 valence electrons. The SMILES string of the molecule is Cc1cn2c(CC(=O)NCC(O)CO)csc2n1. The summed E-state index contributed by atoms with van der Waals surface area (Å²) in [4.78, 5) is 16.8. The highest BCUT2D eigenvalue weighted by molar-refractivity contribution is 7.15. The third-order valence-corrected chi connectivity index (χ3v) is 3.38. The Morgan fingerprint density at radius 2 is 2.44 bits per heavy atom. The predicted octanol–water partition coefficient (Wildman–Crippen LogP) is -0.284. The maximum Gasteiger partial charge on any atom is 0.226 e. The van der Waals surface area contributed by atoms with Gasteiger partial charge >= 0.3 is 0 Å². The molecule has 6 nitrogen and oxygen atoms in total. The molecule has 1 amide bonds. The molecule has 7 heteroatoms. The molecule has 1 unspecified atom stereocenters. The number of fused-ring (bicyclic) bond motifs is 1. The van der Waals surface area contributed by atoms with Crippen LogP contribution in [0.2, 0.25) is 0 Å². The summed E-state index contributed by atoms with van der Waals surface area (Å²) < 4.78 is 1.89. The quantitative estimate of drug-likeness (QED) is 0.696. The number of nitrogens with one attached hydrogen (secondary N) is 1. The Morgan fingerprint density at radius 1 is 1.67 bits per heavy atom. The number of amides is 1. The maximum absolute atomic E-state index is 11.6. The number of aliphatic hydroxyl groups excluding tert-OH is 2. The molecule has 2 heterocycles. The van der Waals surface area contributed by atoms with Crippen molar-refractivity contribution in [2.24, 2.45) is 0 Å². The van der Waals surface area contributed by atoms with Gasteiger partial charge in [-0.3, -0.25) is 9.20 Å². The van der Waals surface area contributed by atoms with E-state index in [1.54, 1.807) is 0 Å². The number of thiazole rings is 1. The standard InChI is InChI=1S/C11H15N3O3S/c1-7-4-14-8(6-18-11(14)13-7)2-10(17)12-3-9(16)5-15/h4,6,9,15-16H,2-3,5H2,1H3,(H,12,17). The number of carbonyl (C=O) groups is 1. The van der Waals surface area contributed by atoms with Crippen LogP contribution in [0.4, 0.5) is 0 Å². The number of hydrogen-bond donors (Lipinski definition) is 3. The monoisotopic (exact) mass is 269 g/mol. The number of imidazole rings is 1. The first-order valence-corrected chi connectivity index (χ1v) is 6.46. The van der Waals surface area contributed by atoms with Crippen LogP contribution in [0.1, 0.15) is 11.4 Å². The first kappa shape index (κ1) is 13.0. The molecule has 1 atom stereocenters. The van der Waals surface area contributed by atoms with Crippen LogP contribution >= 0.6 is 11.3 Å². The highest BCUT2D eigenvalue weighted by Crippen LogP contribution is 2.16. The Morgan fingerprint density at radius 3 is 3.17 bits per heavy atom. The van der Waals surface area contributed by atoms with Gasteiger partial charge in [-0.2, -0.15) is 0 Å². The molecule has 0 aliphatic heterocycles. The summed E-state index contributed by atoms with van der Waals surface area (Å²) in [6, 6.07) is 0. The van der Waals surface area contributed by atoms with E-state index in [9.17, 15) is 4.79 Å².